The average Bonchev–Trinajstić information content (AvgIpc) is 1.07. The molecule has 1 fully saturated rings. The predicted octanol–water partition coefficient (Wildman–Crippen LogP) is -3.02. The van der Waals surface area contributed by atoms with Gasteiger partial charge in [-0.3, -0.25) is 72.1 Å². The summed E-state index contributed by atoms with van der Waals surface area (Å²) in [4.78, 5) is 208. The molecule has 0 spiro atoms. The van der Waals surface area contributed by atoms with Crippen molar-refractivity contribution < 1.29 is 84.8 Å². The van der Waals surface area contributed by atoms with E-state index in [0.717, 1.165) is 6.42 Å². The lowest BCUT2D eigenvalue weighted by Crippen LogP contribution is -2.62. The summed E-state index contributed by atoms with van der Waals surface area (Å²) >= 11 is 1.31. The average molecular weight is 1500 g/mol. The fourth-order valence-corrected chi connectivity index (χ4v) is 12.5. The number of H-pyrrole nitrogens is 1. The summed E-state index contributed by atoms with van der Waals surface area (Å²) in [5, 5.41) is 43.9. The van der Waals surface area contributed by atoms with Gasteiger partial charge in [-0.15, -0.1) is 11.8 Å². The number of thioether (sulfide) groups is 1. The highest BCUT2D eigenvalue weighted by Gasteiger charge is 2.40. The number of amides is 12. The minimum atomic E-state index is -4.85. The first-order chi connectivity index (χ1) is 49.1. The molecular formula is C66H104N18O18S2. The molecule has 1 saturated heterocycles. The van der Waals surface area contributed by atoms with E-state index in [1.807, 2.05) is 13.8 Å². The fourth-order valence-electron chi connectivity index (χ4n) is 11.0. The Labute approximate surface area is 608 Å². The molecule has 3 heterocycles. The first-order valence-corrected chi connectivity index (χ1v) is 37.3. The first kappa shape index (κ1) is 87.3. The molecule has 12 amide bonds. The third-order valence-corrected chi connectivity index (χ3v) is 19.3. The third kappa shape index (κ3) is 29.5. The number of imidazole rings is 1. The van der Waals surface area contributed by atoms with Gasteiger partial charge in [0.25, 0.3) is 0 Å². The number of carbonyl (C=O) groups is 14. The Kier molecular flexibility index (Phi) is 36.3. The molecule has 0 bridgehead atoms. The van der Waals surface area contributed by atoms with Crippen LogP contribution in [0, 0.1) is 23.7 Å². The van der Waals surface area contributed by atoms with Crippen molar-refractivity contribution in [2.24, 2.45) is 51.0 Å². The van der Waals surface area contributed by atoms with Crippen LogP contribution in [-0.4, -0.2) is 203 Å². The second kappa shape index (κ2) is 43.2. The van der Waals surface area contributed by atoms with E-state index >= 15 is 0 Å². The molecule has 38 heteroatoms. The zero-order chi connectivity index (χ0) is 77.5. The highest BCUT2D eigenvalue weighted by molar-refractivity contribution is 8.14. The molecule has 0 aliphatic carbocycles. The molecule has 36 nitrogen and oxygen atoms in total. The Bertz CT molecular complexity index is 3440. The molecule has 0 radical (unpaired) electrons. The van der Waals surface area contributed by atoms with Gasteiger partial charge in [0, 0.05) is 43.5 Å². The van der Waals surface area contributed by atoms with Crippen LogP contribution in [0.2, 0.25) is 0 Å². The SMILES string of the molecule is CC[C@H](C)[C@H](N)C1=N[C@H](C(=O)N[C@@H](CC(C)C)C(=O)N[C@H](CCC(=O)OS(N)(=O)=O)C(=O)N[C@H](C(=O)N[C@H]2CCCCNC(=O)[C@H](CC(N)=O)NC(=O)[C@@H](CC(=O)O)NC(=O)[C@H](Cc3cnc[nH]3)NC(=O)[C@@H](Cc3ccccc3)NC(=O)[C@@H]([C@@H](C)CC)NC(=O)[C@@H](CCCN)NC2=O)[C@@H](C)CC)CS1. The maximum atomic E-state index is 15.0. The molecule has 0 unspecified atom stereocenters. The van der Waals surface area contributed by atoms with Crippen LogP contribution in [0.25, 0.3) is 0 Å². The number of benzene rings is 1. The summed E-state index contributed by atoms with van der Waals surface area (Å²) in [6, 6.07) is -9.08. The minimum Gasteiger partial charge on any atom is -0.481 e. The molecule has 15 atom stereocenters. The van der Waals surface area contributed by atoms with Gasteiger partial charge in [0.15, 0.2) is 0 Å². The quantitative estimate of drug-likeness (QED) is 0.0347. The lowest BCUT2D eigenvalue weighted by Gasteiger charge is -2.30. The van der Waals surface area contributed by atoms with Crippen molar-refractivity contribution in [1.29, 1.82) is 0 Å². The fraction of sp³-hybridized carbons (Fsp3) is 0.636. The maximum absolute atomic E-state index is 15.0. The number of carbonyl (C=O) groups excluding carboxylic acids is 13. The van der Waals surface area contributed by atoms with Crippen LogP contribution in [0.15, 0.2) is 47.8 Å². The van der Waals surface area contributed by atoms with Crippen LogP contribution in [0.1, 0.15) is 150 Å². The molecule has 0 saturated carbocycles. The van der Waals surface area contributed by atoms with Crippen molar-refractivity contribution in [2.75, 3.05) is 18.8 Å². The van der Waals surface area contributed by atoms with Crippen molar-refractivity contribution in [2.45, 2.75) is 224 Å². The molecule has 2 aliphatic heterocycles. The van der Waals surface area contributed by atoms with Gasteiger partial charge in [0.2, 0.25) is 70.9 Å². The molecule has 2 aliphatic rings. The Morgan fingerprint density at radius 3 is 1.88 bits per heavy atom. The van der Waals surface area contributed by atoms with Crippen LogP contribution in [0.4, 0.5) is 0 Å². The summed E-state index contributed by atoms with van der Waals surface area (Å²) < 4.78 is 27.8. The van der Waals surface area contributed by atoms with Crippen molar-refractivity contribution in [3.63, 3.8) is 0 Å². The van der Waals surface area contributed by atoms with Crippen molar-refractivity contribution >= 4 is 110 Å². The number of carboxylic acids is 1. The Morgan fingerprint density at radius 1 is 0.702 bits per heavy atom. The highest BCUT2D eigenvalue weighted by Crippen LogP contribution is 2.25. The molecule has 2 aromatic rings. The van der Waals surface area contributed by atoms with E-state index in [9.17, 15) is 80.6 Å². The molecule has 21 N–H and O–H groups in total. The van der Waals surface area contributed by atoms with Crippen LogP contribution in [0.5, 0.6) is 0 Å². The van der Waals surface area contributed by atoms with Gasteiger partial charge in [0.1, 0.15) is 66.5 Å². The van der Waals surface area contributed by atoms with E-state index in [-0.39, 0.29) is 101 Å². The van der Waals surface area contributed by atoms with Gasteiger partial charge in [0.05, 0.1) is 30.3 Å². The van der Waals surface area contributed by atoms with Gasteiger partial charge >= 0.3 is 22.2 Å². The second-order valence-electron chi connectivity index (χ2n) is 26.5. The molecule has 104 heavy (non-hydrogen) atoms. The highest BCUT2D eigenvalue weighted by atomic mass is 32.2. The lowest BCUT2D eigenvalue weighted by atomic mass is 9.96. The monoisotopic (exact) mass is 1500 g/mol. The number of aromatic nitrogens is 2. The summed E-state index contributed by atoms with van der Waals surface area (Å²) in [5.41, 5.74) is 18.7. The van der Waals surface area contributed by atoms with Crippen LogP contribution in [-0.2, 0) is 94.5 Å². The van der Waals surface area contributed by atoms with Crippen LogP contribution in [0.3, 0.4) is 0 Å². The Morgan fingerprint density at radius 2 is 1.30 bits per heavy atom. The number of carboxylic acid groups (broad SMARTS) is 1. The lowest BCUT2D eigenvalue weighted by molar-refractivity contribution is -0.141. The van der Waals surface area contributed by atoms with Crippen LogP contribution < -0.4 is 80.8 Å². The van der Waals surface area contributed by atoms with Gasteiger partial charge in [-0.05, 0) is 80.7 Å². The zero-order valence-corrected chi connectivity index (χ0v) is 61.5. The van der Waals surface area contributed by atoms with E-state index in [0.29, 0.717) is 10.6 Å². The predicted molar refractivity (Wildman–Crippen MR) is 381 cm³/mol. The molecule has 1 aromatic heterocycles. The number of primary amides is 1. The molecule has 1 aromatic carbocycles. The Balaban J connectivity index is 1.80. The molecule has 578 valence electrons. The number of hydrogen-bond acceptors (Lipinski definition) is 22. The number of nitrogens with one attached hydrogen (secondary N) is 12. The summed E-state index contributed by atoms with van der Waals surface area (Å²) in [7, 11) is -4.85. The van der Waals surface area contributed by atoms with Crippen molar-refractivity contribution in [3.8, 4) is 0 Å². The van der Waals surface area contributed by atoms with Gasteiger partial charge in [-0.1, -0.05) is 105 Å². The largest absolute Gasteiger partial charge is 0.481 e. The van der Waals surface area contributed by atoms with Crippen molar-refractivity contribution in [1.82, 2.24) is 68.5 Å². The third-order valence-electron chi connectivity index (χ3n) is 17.7. The van der Waals surface area contributed by atoms with Crippen LogP contribution >= 0.6 is 11.8 Å². The topological polar surface area (TPSA) is 580 Å². The number of aliphatic carboxylic acids is 1. The second-order valence-corrected chi connectivity index (χ2v) is 28.7. The minimum absolute atomic E-state index is 0.00247. The molecule has 4 rings (SSSR count). The first-order valence-electron chi connectivity index (χ1n) is 34.8. The van der Waals surface area contributed by atoms with Gasteiger partial charge in [-0.2, -0.15) is 13.6 Å². The van der Waals surface area contributed by atoms with E-state index in [4.69, 9.17) is 22.3 Å². The summed E-state index contributed by atoms with van der Waals surface area (Å²) in [6.45, 7) is 13.8. The van der Waals surface area contributed by atoms with E-state index in [1.165, 1.54) is 24.3 Å². The number of hydrogen-bond donors (Lipinski definition) is 17. The van der Waals surface area contributed by atoms with Gasteiger partial charge in [-0.25, -0.2) is 4.98 Å². The summed E-state index contributed by atoms with van der Waals surface area (Å²) in [5.74, 6) is -16.3. The number of rotatable bonds is 32. The molecular weight excluding hydrogens is 1400 g/mol. The van der Waals surface area contributed by atoms with E-state index in [1.54, 1.807) is 71.9 Å². The van der Waals surface area contributed by atoms with Gasteiger partial charge < -0.3 is 90.0 Å². The standard InChI is InChI=1S/C66H104N18O18S2/c1-9-35(6)52(69)66-82-48(32-103-66)63(97)77-43(26-34(4)5)59(93)75-42(22-23-51(88)102-104(70,100)101)58(92)84-53(36(7)10-2)64(98)76-40-20-15-16-25-72-55(89)46(29-49(68)85)79-62(96)47(30-50(86)87)80-61(95)45(28-39-31-71-33-73-39)78-60(94)44(27-38-18-13-12-14-19-38)81-65(99)54(37(8)11-3)83-57(91)41(21-17-24-67)74-56(40)90/h12-14,18-19,31,33-37,40-48,52-54H,9-11,15-17,20-30,32,67,69H2,1-8H3,(H2,68,85)(H,71,73)(H,72,89)(H,74,90)(H,75,93)(H,76,98)(H,77,97)(H,78,94)(H,79,96)(H,80,95)(H,81,99)(H,83,91)(H,84,92)(H,86,87)(H2,70,100,101)/t35-,36-,37-,40-,41+,42+,43-,44+,45-,46-,47+,48-,52-,53-,54+/m0/s1. The zero-order valence-electron chi connectivity index (χ0n) is 59.9. The van der Waals surface area contributed by atoms with E-state index in [2.05, 4.69) is 77.6 Å². The maximum Gasteiger partial charge on any atom is 0.382 e. The Hall–Kier alpha value is -9.14. The number of aliphatic imine (C=N–C) groups is 1. The van der Waals surface area contributed by atoms with Crippen molar-refractivity contribution in [3.05, 3.63) is 54.1 Å². The normalized spacial score (nSPS) is 22.8. The smallest absolute Gasteiger partial charge is 0.382 e. The number of nitrogens with two attached hydrogens (primary N) is 4. The number of nitrogens with zero attached hydrogens (tertiary/aromatic N) is 2. The number of aromatic amines is 1. The summed E-state index contributed by atoms with van der Waals surface area (Å²) in [6.07, 6.45) is -0.527. The van der Waals surface area contributed by atoms with E-state index < -0.39 is 203 Å².